The Morgan fingerprint density at radius 1 is 1.03 bits per heavy atom. The molecule has 0 radical (unpaired) electrons. The van der Waals surface area contributed by atoms with Crippen molar-refractivity contribution in [2.75, 3.05) is 7.11 Å². The van der Waals surface area contributed by atoms with E-state index in [-0.39, 0.29) is 29.9 Å². The zero-order chi connectivity index (χ0) is 20.7. The first-order valence-corrected chi connectivity index (χ1v) is 10.8. The zero-order valence-electron chi connectivity index (χ0n) is 15.6. The summed E-state index contributed by atoms with van der Waals surface area (Å²) in [6.45, 7) is 0. The monoisotopic (exact) mass is 493 g/mol. The summed E-state index contributed by atoms with van der Waals surface area (Å²) in [6.07, 6.45) is 1.14. The average molecular weight is 495 g/mol. The van der Waals surface area contributed by atoms with Gasteiger partial charge in [0.2, 0.25) is 5.91 Å². The molecule has 1 N–H and O–H groups in total. The predicted molar refractivity (Wildman–Crippen MR) is 117 cm³/mol. The quantitative estimate of drug-likeness (QED) is 0.589. The van der Waals surface area contributed by atoms with Gasteiger partial charge in [-0.15, -0.1) is 0 Å². The maximum absolute atomic E-state index is 13.2. The van der Waals surface area contributed by atoms with Crippen molar-refractivity contribution in [3.63, 3.8) is 0 Å². The molecule has 0 spiro atoms. The van der Waals surface area contributed by atoms with Gasteiger partial charge in [-0.2, -0.15) is 0 Å². The SMILES string of the molecule is COc1ccc(Br)cc1C1CC(=O)NC2=C1C(=O)CC(c1ccc(Cl)c(Cl)c1)C2. The smallest absolute Gasteiger partial charge is 0.225 e. The normalized spacial score (nSPS) is 21.7. The van der Waals surface area contributed by atoms with Gasteiger partial charge in [0.15, 0.2) is 5.78 Å². The van der Waals surface area contributed by atoms with Crippen LogP contribution in [-0.4, -0.2) is 18.8 Å². The van der Waals surface area contributed by atoms with Gasteiger partial charge in [-0.3, -0.25) is 9.59 Å². The molecule has 7 heteroatoms. The number of ether oxygens (including phenoxy) is 1. The van der Waals surface area contributed by atoms with Gasteiger partial charge in [-0.05, 0) is 48.2 Å². The molecule has 29 heavy (non-hydrogen) atoms. The Morgan fingerprint density at radius 2 is 1.83 bits per heavy atom. The lowest BCUT2D eigenvalue weighted by Gasteiger charge is -2.35. The van der Waals surface area contributed by atoms with Gasteiger partial charge in [-0.25, -0.2) is 0 Å². The molecule has 1 heterocycles. The van der Waals surface area contributed by atoms with Crippen molar-refractivity contribution in [3.05, 3.63) is 73.3 Å². The van der Waals surface area contributed by atoms with Crippen LogP contribution in [0, 0.1) is 0 Å². The van der Waals surface area contributed by atoms with Gasteiger partial charge < -0.3 is 10.1 Å². The Morgan fingerprint density at radius 3 is 2.55 bits per heavy atom. The highest BCUT2D eigenvalue weighted by Crippen LogP contribution is 2.45. The minimum Gasteiger partial charge on any atom is -0.496 e. The molecule has 0 fully saturated rings. The van der Waals surface area contributed by atoms with E-state index < -0.39 is 0 Å². The van der Waals surface area contributed by atoms with Crippen molar-refractivity contribution < 1.29 is 14.3 Å². The number of hydrogen-bond donors (Lipinski definition) is 1. The third-order valence-corrected chi connectivity index (χ3v) is 6.75. The number of ketones is 1. The number of Topliss-reactive ketones (excluding diaryl/α,β-unsaturated/α-hetero) is 1. The third-order valence-electron chi connectivity index (χ3n) is 5.52. The molecule has 2 aromatic rings. The van der Waals surface area contributed by atoms with Gasteiger partial charge in [0.1, 0.15) is 5.75 Å². The van der Waals surface area contributed by atoms with Crippen LogP contribution in [0.1, 0.15) is 42.2 Å². The second-order valence-corrected chi connectivity index (χ2v) is 9.02. The molecule has 1 amide bonds. The van der Waals surface area contributed by atoms with Crippen molar-refractivity contribution in [2.45, 2.75) is 31.1 Å². The molecule has 0 aromatic heterocycles. The van der Waals surface area contributed by atoms with Gasteiger partial charge in [-0.1, -0.05) is 45.2 Å². The Kier molecular flexibility index (Phi) is 5.74. The Balaban J connectivity index is 1.75. The topological polar surface area (TPSA) is 55.4 Å². The van der Waals surface area contributed by atoms with E-state index in [9.17, 15) is 9.59 Å². The summed E-state index contributed by atoms with van der Waals surface area (Å²) >= 11 is 15.7. The number of amides is 1. The van der Waals surface area contributed by atoms with Gasteiger partial charge in [0.05, 0.1) is 17.2 Å². The number of hydrogen-bond acceptors (Lipinski definition) is 3. The number of methoxy groups -OCH3 is 1. The van der Waals surface area contributed by atoms with E-state index in [4.69, 9.17) is 27.9 Å². The lowest BCUT2D eigenvalue weighted by atomic mass is 9.73. The van der Waals surface area contributed by atoms with E-state index in [0.717, 1.165) is 15.6 Å². The number of benzene rings is 2. The average Bonchev–Trinajstić information content (AvgIpc) is 2.69. The van der Waals surface area contributed by atoms with Crippen LogP contribution in [-0.2, 0) is 9.59 Å². The molecule has 0 bridgehead atoms. The summed E-state index contributed by atoms with van der Waals surface area (Å²) in [5.41, 5.74) is 3.15. The van der Waals surface area contributed by atoms with Crippen LogP contribution in [0.25, 0.3) is 0 Å². The molecular formula is C22H18BrCl2NO3. The van der Waals surface area contributed by atoms with E-state index in [0.29, 0.717) is 39.9 Å². The fraction of sp³-hybridized carbons (Fsp3) is 0.273. The minimum atomic E-state index is -0.326. The van der Waals surface area contributed by atoms with E-state index in [1.807, 2.05) is 24.3 Å². The van der Waals surface area contributed by atoms with Crippen LogP contribution < -0.4 is 10.1 Å². The second-order valence-electron chi connectivity index (χ2n) is 7.29. The van der Waals surface area contributed by atoms with Crippen LogP contribution in [0.3, 0.4) is 0 Å². The standard InChI is InChI=1S/C22H18BrCl2NO3/c1-29-20-5-3-13(23)9-14(20)15-10-21(28)26-18-7-12(8-19(27)22(15)18)11-2-4-16(24)17(25)6-11/h2-6,9,12,15H,7-8,10H2,1H3,(H,26,28). The van der Waals surface area contributed by atoms with Gasteiger partial charge >= 0.3 is 0 Å². The molecule has 0 saturated heterocycles. The Hall–Kier alpha value is -1.82. The summed E-state index contributed by atoms with van der Waals surface area (Å²) < 4.78 is 6.38. The van der Waals surface area contributed by atoms with Crippen molar-refractivity contribution in [2.24, 2.45) is 0 Å². The lowest BCUT2D eigenvalue weighted by Crippen LogP contribution is -2.38. The van der Waals surface area contributed by atoms with Crippen molar-refractivity contribution in [1.29, 1.82) is 0 Å². The number of carbonyl (C=O) groups is 2. The van der Waals surface area contributed by atoms with Crippen LogP contribution in [0.15, 0.2) is 52.1 Å². The minimum absolute atomic E-state index is 0.0364. The van der Waals surface area contributed by atoms with E-state index in [1.54, 1.807) is 19.2 Å². The number of rotatable bonds is 3. The molecular weight excluding hydrogens is 477 g/mol. The Bertz CT molecular complexity index is 1050. The summed E-state index contributed by atoms with van der Waals surface area (Å²) in [5.74, 6) is 0.222. The molecule has 2 aromatic carbocycles. The molecule has 2 aliphatic rings. The Labute approximate surface area is 187 Å². The fourth-order valence-corrected chi connectivity index (χ4v) is 4.89. The van der Waals surface area contributed by atoms with Crippen LogP contribution in [0.2, 0.25) is 10.0 Å². The molecule has 2 unspecified atom stereocenters. The first kappa shape index (κ1) is 20.5. The largest absolute Gasteiger partial charge is 0.496 e. The number of halogens is 3. The highest BCUT2D eigenvalue weighted by molar-refractivity contribution is 9.10. The van der Waals surface area contributed by atoms with Crippen LogP contribution in [0.5, 0.6) is 5.75 Å². The second kappa shape index (κ2) is 8.13. The molecule has 0 saturated carbocycles. The van der Waals surface area contributed by atoms with Gasteiger partial charge in [0.25, 0.3) is 0 Å². The first-order valence-electron chi connectivity index (χ1n) is 9.22. The van der Waals surface area contributed by atoms with Crippen molar-refractivity contribution in [1.82, 2.24) is 5.32 Å². The lowest BCUT2D eigenvalue weighted by molar-refractivity contribution is -0.122. The molecule has 150 valence electrons. The molecule has 1 aliphatic carbocycles. The summed E-state index contributed by atoms with van der Waals surface area (Å²) in [7, 11) is 1.59. The van der Waals surface area contributed by atoms with Gasteiger partial charge in [0, 0.05) is 40.1 Å². The van der Waals surface area contributed by atoms with E-state index in [1.165, 1.54) is 0 Å². The molecule has 4 nitrogen and oxygen atoms in total. The third kappa shape index (κ3) is 3.96. The summed E-state index contributed by atoms with van der Waals surface area (Å²) in [5, 5.41) is 3.87. The molecule has 4 rings (SSSR count). The van der Waals surface area contributed by atoms with E-state index >= 15 is 0 Å². The fourth-order valence-electron chi connectivity index (χ4n) is 4.21. The van der Waals surface area contributed by atoms with E-state index in [2.05, 4.69) is 21.2 Å². The maximum atomic E-state index is 13.2. The van der Waals surface area contributed by atoms with Crippen LogP contribution in [0.4, 0.5) is 0 Å². The summed E-state index contributed by atoms with van der Waals surface area (Å²) in [6, 6.07) is 11.1. The van der Waals surface area contributed by atoms with Crippen LogP contribution >= 0.6 is 39.1 Å². The number of allylic oxidation sites excluding steroid dienone is 2. The maximum Gasteiger partial charge on any atom is 0.225 e. The highest BCUT2D eigenvalue weighted by atomic mass is 79.9. The first-order chi connectivity index (χ1) is 13.9. The molecule has 1 aliphatic heterocycles. The highest BCUT2D eigenvalue weighted by Gasteiger charge is 2.39. The zero-order valence-corrected chi connectivity index (χ0v) is 18.7. The number of carbonyl (C=O) groups excluding carboxylic acids is 2. The van der Waals surface area contributed by atoms with Crippen molar-refractivity contribution in [3.8, 4) is 5.75 Å². The van der Waals surface area contributed by atoms with Crippen molar-refractivity contribution >= 4 is 50.8 Å². The molecule has 2 atom stereocenters. The summed E-state index contributed by atoms with van der Waals surface area (Å²) in [4.78, 5) is 25.7. The number of nitrogens with one attached hydrogen (secondary N) is 1. The predicted octanol–water partition coefficient (Wildman–Crippen LogP) is 5.77.